The Kier molecular flexibility index (Phi) is 3.92. The van der Waals surface area contributed by atoms with Crippen molar-refractivity contribution >= 4 is 11.5 Å². The lowest BCUT2D eigenvalue weighted by molar-refractivity contribution is -0.0221. The third-order valence-electron chi connectivity index (χ3n) is 5.30. The van der Waals surface area contributed by atoms with Gasteiger partial charge in [-0.1, -0.05) is 12.1 Å². The van der Waals surface area contributed by atoms with E-state index in [4.69, 9.17) is 0 Å². The molecule has 5 rings (SSSR count). The molecular weight excluding hydrogens is 362 g/mol. The lowest BCUT2D eigenvalue weighted by Gasteiger charge is -2.32. The van der Waals surface area contributed by atoms with Gasteiger partial charge in [-0.3, -0.25) is 10.1 Å². The highest BCUT2D eigenvalue weighted by atomic mass is 19.3. The summed E-state index contributed by atoms with van der Waals surface area (Å²) >= 11 is 0. The smallest absolute Gasteiger partial charge is 0.251 e. The van der Waals surface area contributed by atoms with Crippen molar-refractivity contribution < 1.29 is 8.78 Å². The summed E-state index contributed by atoms with van der Waals surface area (Å²) in [7, 11) is 0. The third kappa shape index (κ3) is 3.04. The molecule has 0 unspecified atom stereocenters. The number of benzene rings is 1. The maximum absolute atomic E-state index is 13.5. The van der Waals surface area contributed by atoms with Crippen molar-refractivity contribution in [3.8, 4) is 11.3 Å². The molecule has 2 aliphatic rings. The number of aliphatic imine (C=N–C) groups is 1. The largest absolute Gasteiger partial charge is 0.356 e. The van der Waals surface area contributed by atoms with Crippen molar-refractivity contribution in [1.29, 1.82) is 0 Å². The van der Waals surface area contributed by atoms with Crippen LogP contribution in [0.15, 0.2) is 47.8 Å². The number of anilines is 1. The fourth-order valence-corrected chi connectivity index (χ4v) is 3.70. The second-order valence-electron chi connectivity index (χ2n) is 7.11. The maximum Gasteiger partial charge on any atom is 0.251 e. The summed E-state index contributed by atoms with van der Waals surface area (Å²) in [6, 6.07) is 9.96. The number of halogens is 2. The summed E-state index contributed by atoms with van der Waals surface area (Å²) in [5, 5.41) is 6.98. The SMILES string of the molecule is FC1(F)CCN(c2cc(C3=NCc4ccc(-c5ccn[nH]5)cc43)ncn2)CC1. The highest BCUT2D eigenvalue weighted by Gasteiger charge is 2.34. The topological polar surface area (TPSA) is 70.1 Å². The van der Waals surface area contributed by atoms with Gasteiger partial charge in [-0.25, -0.2) is 18.7 Å². The van der Waals surface area contributed by atoms with Crippen molar-refractivity contribution in [1.82, 2.24) is 20.2 Å². The normalized spacial score (nSPS) is 18.1. The number of alkyl halides is 2. The van der Waals surface area contributed by atoms with Gasteiger partial charge < -0.3 is 4.90 Å². The fourth-order valence-electron chi connectivity index (χ4n) is 3.70. The number of rotatable bonds is 3. The minimum Gasteiger partial charge on any atom is -0.356 e. The number of aromatic amines is 1. The first-order chi connectivity index (χ1) is 13.6. The van der Waals surface area contributed by atoms with E-state index < -0.39 is 5.92 Å². The Labute approximate surface area is 160 Å². The number of nitrogens with one attached hydrogen (secondary N) is 1. The van der Waals surface area contributed by atoms with Crippen molar-refractivity contribution in [3.63, 3.8) is 0 Å². The molecular formula is C20H18F2N6. The Morgan fingerprint density at radius 1 is 1.04 bits per heavy atom. The summed E-state index contributed by atoms with van der Waals surface area (Å²) in [6.45, 7) is 1.18. The Morgan fingerprint density at radius 3 is 2.68 bits per heavy atom. The molecule has 8 heteroatoms. The molecule has 0 amide bonds. The van der Waals surface area contributed by atoms with E-state index in [0.29, 0.717) is 18.1 Å². The van der Waals surface area contributed by atoms with Crippen molar-refractivity contribution in [2.45, 2.75) is 25.3 Å². The first-order valence-corrected chi connectivity index (χ1v) is 9.22. The van der Waals surface area contributed by atoms with Crippen LogP contribution in [0, 0.1) is 0 Å². The number of hydrogen-bond acceptors (Lipinski definition) is 5. The zero-order chi connectivity index (χ0) is 19.1. The number of piperidine rings is 1. The minimum atomic E-state index is -2.58. The van der Waals surface area contributed by atoms with E-state index in [2.05, 4.69) is 37.3 Å². The summed E-state index contributed by atoms with van der Waals surface area (Å²) in [5.41, 5.74) is 5.65. The van der Waals surface area contributed by atoms with Crippen LogP contribution in [0.4, 0.5) is 14.6 Å². The molecule has 0 atom stereocenters. The number of nitrogens with zero attached hydrogens (tertiary/aromatic N) is 5. The fraction of sp³-hybridized carbons (Fsp3) is 0.300. The Balaban J connectivity index is 1.45. The molecule has 1 N–H and O–H groups in total. The molecule has 28 heavy (non-hydrogen) atoms. The average molecular weight is 380 g/mol. The van der Waals surface area contributed by atoms with E-state index in [1.165, 1.54) is 6.33 Å². The number of hydrogen-bond donors (Lipinski definition) is 1. The van der Waals surface area contributed by atoms with Crippen LogP contribution < -0.4 is 4.90 Å². The average Bonchev–Trinajstić information content (AvgIpc) is 3.37. The highest BCUT2D eigenvalue weighted by molar-refractivity contribution is 6.14. The number of aromatic nitrogens is 4. The van der Waals surface area contributed by atoms with Gasteiger partial charge in [0.2, 0.25) is 0 Å². The van der Waals surface area contributed by atoms with Crippen LogP contribution in [0.25, 0.3) is 11.3 Å². The summed E-state index contributed by atoms with van der Waals surface area (Å²) in [6.07, 6.45) is 2.90. The predicted octanol–water partition coefficient (Wildman–Crippen LogP) is 3.45. The van der Waals surface area contributed by atoms with Crippen LogP contribution in [0.3, 0.4) is 0 Å². The molecule has 6 nitrogen and oxygen atoms in total. The van der Waals surface area contributed by atoms with Gasteiger partial charge in [0.15, 0.2) is 0 Å². The zero-order valence-corrected chi connectivity index (χ0v) is 15.1. The third-order valence-corrected chi connectivity index (χ3v) is 5.30. The molecule has 2 aliphatic heterocycles. The highest BCUT2D eigenvalue weighted by Crippen LogP contribution is 2.31. The van der Waals surface area contributed by atoms with Crippen LogP contribution in [0.1, 0.15) is 29.7 Å². The predicted molar refractivity (Wildman–Crippen MR) is 102 cm³/mol. The van der Waals surface area contributed by atoms with Gasteiger partial charge in [0.1, 0.15) is 12.1 Å². The van der Waals surface area contributed by atoms with Crippen LogP contribution >= 0.6 is 0 Å². The Bertz CT molecular complexity index is 1030. The van der Waals surface area contributed by atoms with Gasteiger partial charge in [0.25, 0.3) is 5.92 Å². The van der Waals surface area contributed by atoms with E-state index in [9.17, 15) is 8.78 Å². The molecule has 0 saturated carbocycles. The first-order valence-electron chi connectivity index (χ1n) is 9.22. The Hall–Kier alpha value is -3.16. The number of fused-ring (bicyclic) bond motifs is 1. The maximum atomic E-state index is 13.5. The number of H-pyrrole nitrogens is 1. The van der Waals surface area contributed by atoms with E-state index in [0.717, 1.165) is 28.1 Å². The van der Waals surface area contributed by atoms with Crippen LogP contribution in [-0.4, -0.2) is 44.9 Å². The van der Waals surface area contributed by atoms with E-state index in [1.807, 2.05) is 23.1 Å². The van der Waals surface area contributed by atoms with E-state index in [1.54, 1.807) is 6.20 Å². The molecule has 0 radical (unpaired) electrons. The van der Waals surface area contributed by atoms with Gasteiger partial charge >= 0.3 is 0 Å². The van der Waals surface area contributed by atoms with E-state index in [-0.39, 0.29) is 25.9 Å². The molecule has 2 aromatic heterocycles. The molecule has 142 valence electrons. The summed E-state index contributed by atoms with van der Waals surface area (Å²) < 4.78 is 26.9. The molecule has 3 aromatic rings. The van der Waals surface area contributed by atoms with Crippen LogP contribution in [0.2, 0.25) is 0 Å². The molecule has 0 aliphatic carbocycles. The lowest BCUT2D eigenvalue weighted by Crippen LogP contribution is -2.39. The second-order valence-corrected chi connectivity index (χ2v) is 7.11. The van der Waals surface area contributed by atoms with Crippen molar-refractivity contribution in [3.05, 3.63) is 59.7 Å². The minimum absolute atomic E-state index is 0.149. The van der Waals surface area contributed by atoms with Gasteiger partial charge in [-0.05, 0) is 17.7 Å². The molecule has 1 fully saturated rings. The van der Waals surface area contributed by atoms with Crippen LogP contribution in [0.5, 0.6) is 0 Å². The second kappa shape index (κ2) is 6.47. The van der Waals surface area contributed by atoms with E-state index >= 15 is 0 Å². The van der Waals surface area contributed by atoms with Crippen LogP contribution in [-0.2, 0) is 6.54 Å². The summed E-state index contributed by atoms with van der Waals surface area (Å²) in [5.74, 6) is -1.91. The quantitative estimate of drug-likeness (QED) is 0.756. The molecule has 4 heterocycles. The Morgan fingerprint density at radius 2 is 1.89 bits per heavy atom. The first kappa shape index (κ1) is 17.0. The standard InChI is InChI=1S/C20H18F2N6/c21-20(22)4-7-28(8-5-20)18-10-17(24-12-25-18)19-15-9-13(16-3-6-26-27-16)1-2-14(15)11-23-19/h1-3,6,9-10,12H,4-5,7-8,11H2,(H,26,27). The van der Waals surface area contributed by atoms with Gasteiger partial charge in [0.05, 0.1) is 23.6 Å². The van der Waals surface area contributed by atoms with Gasteiger partial charge in [-0.2, -0.15) is 5.10 Å². The van der Waals surface area contributed by atoms with Crippen molar-refractivity contribution in [2.75, 3.05) is 18.0 Å². The lowest BCUT2D eigenvalue weighted by atomic mass is 9.99. The molecule has 0 spiro atoms. The monoisotopic (exact) mass is 380 g/mol. The van der Waals surface area contributed by atoms with Crippen molar-refractivity contribution in [2.24, 2.45) is 4.99 Å². The van der Waals surface area contributed by atoms with Gasteiger partial charge in [-0.15, -0.1) is 0 Å². The summed E-state index contributed by atoms with van der Waals surface area (Å²) in [4.78, 5) is 15.3. The molecule has 0 bridgehead atoms. The zero-order valence-electron chi connectivity index (χ0n) is 15.1. The molecule has 1 saturated heterocycles. The van der Waals surface area contributed by atoms with Gasteiger partial charge in [0, 0.05) is 49.3 Å². The molecule has 1 aromatic carbocycles.